The normalized spacial score (nSPS) is 14.3. The zero-order chi connectivity index (χ0) is 26.7. The van der Waals surface area contributed by atoms with Crippen LogP contribution in [0, 0.1) is 9.39 Å². The van der Waals surface area contributed by atoms with Crippen LogP contribution in [0.1, 0.15) is 21.5 Å². The van der Waals surface area contributed by atoms with E-state index in [0.29, 0.717) is 26.0 Å². The van der Waals surface area contributed by atoms with Gasteiger partial charge in [0.25, 0.3) is 11.1 Å². The summed E-state index contributed by atoms with van der Waals surface area (Å²) in [6.07, 6.45) is 1.55. The maximum atomic E-state index is 13.3. The van der Waals surface area contributed by atoms with Crippen molar-refractivity contribution in [3.63, 3.8) is 0 Å². The van der Waals surface area contributed by atoms with Gasteiger partial charge in [-0.25, -0.2) is 9.18 Å². The van der Waals surface area contributed by atoms with Crippen LogP contribution in [0.15, 0.2) is 59.5 Å². The number of halogens is 3. The molecule has 4 rings (SSSR count). The molecule has 7 nitrogen and oxygen atoms in total. The van der Waals surface area contributed by atoms with Crippen molar-refractivity contribution in [2.75, 3.05) is 14.2 Å². The summed E-state index contributed by atoms with van der Waals surface area (Å²) < 4.78 is 30.0. The molecule has 3 aromatic rings. The minimum Gasteiger partial charge on any atom is -0.497 e. The SMILES string of the molecule is COc1ccc(C(=O)Oc2c(I)cc(/C=C3\SC(=O)N(Cc4ccc(F)cc4Cl)C3=O)cc2OC)cc1. The van der Waals surface area contributed by atoms with Crippen LogP contribution < -0.4 is 14.2 Å². The molecule has 0 aliphatic carbocycles. The number of hydrogen-bond donors (Lipinski definition) is 0. The Hall–Kier alpha value is -3.09. The van der Waals surface area contributed by atoms with Crippen LogP contribution in [-0.2, 0) is 11.3 Å². The molecule has 0 saturated carbocycles. The van der Waals surface area contributed by atoms with Crippen molar-refractivity contribution in [2.45, 2.75) is 6.54 Å². The molecule has 0 bridgehead atoms. The highest BCUT2D eigenvalue weighted by atomic mass is 127. The number of amides is 2. The van der Waals surface area contributed by atoms with Crippen molar-refractivity contribution in [3.05, 3.63) is 90.6 Å². The van der Waals surface area contributed by atoms with Gasteiger partial charge in [-0.2, -0.15) is 0 Å². The molecule has 190 valence electrons. The van der Waals surface area contributed by atoms with Crippen molar-refractivity contribution in [2.24, 2.45) is 0 Å². The fraction of sp³-hybridized carbons (Fsp3) is 0.115. The maximum Gasteiger partial charge on any atom is 0.343 e. The summed E-state index contributed by atoms with van der Waals surface area (Å²) in [5, 5.41) is -0.342. The van der Waals surface area contributed by atoms with Crippen LogP contribution in [0.2, 0.25) is 5.02 Å². The number of nitrogens with zero attached hydrogens (tertiary/aromatic N) is 1. The second kappa shape index (κ2) is 11.5. The largest absolute Gasteiger partial charge is 0.497 e. The van der Waals surface area contributed by atoms with Crippen LogP contribution in [0.4, 0.5) is 9.18 Å². The molecule has 3 aromatic carbocycles. The first-order valence-electron chi connectivity index (χ1n) is 10.6. The van der Waals surface area contributed by atoms with E-state index >= 15 is 0 Å². The Labute approximate surface area is 234 Å². The van der Waals surface area contributed by atoms with Crippen LogP contribution >= 0.6 is 46.0 Å². The predicted octanol–water partition coefficient (Wildman–Crippen LogP) is 6.56. The Morgan fingerprint density at radius 1 is 1.08 bits per heavy atom. The molecule has 0 spiro atoms. The van der Waals surface area contributed by atoms with E-state index in [1.54, 1.807) is 42.5 Å². The van der Waals surface area contributed by atoms with E-state index in [9.17, 15) is 18.8 Å². The number of rotatable bonds is 7. The van der Waals surface area contributed by atoms with Crippen molar-refractivity contribution >= 4 is 69.1 Å². The van der Waals surface area contributed by atoms with Gasteiger partial charge in [-0.1, -0.05) is 17.7 Å². The number of benzene rings is 3. The van der Waals surface area contributed by atoms with Gasteiger partial charge in [-0.3, -0.25) is 14.5 Å². The van der Waals surface area contributed by atoms with Crippen molar-refractivity contribution in [1.29, 1.82) is 0 Å². The molecule has 0 radical (unpaired) electrons. The summed E-state index contributed by atoms with van der Waals surface area (Å²) in [4.78, 5) is 39.4. The first kappa shape index (κ1) is 27.0. The van der Waals surface area contributed by atoms with Crippen LogP contribution in [0.5, 0.6) is 17.2 Å². The molecular weight excluding hydrogens is 636 g/mol. The van der Waals surface area contributed by atoms with Crippen molar-refractivity contribution < 1.29 is 33.0 Å². The average Bonchev–Trinajstić information content (AvgIpc) is 3.14. The number of methoxy groups -OCH3 is 2. The average molecular weight is 654 g/mol. The second-order valence-corrected chi connectivity index (χ2v) is 10.2. The summed E-state index contributed by atoms with van der Waals surface area (Å²) in [5.41, 5.74) is 1.35. The Balaban J connectivity index is 1.55. The molecule has 1 aliphatic rings. The third kappa shape index (κ3) is 6.08. The molecule has 2 amide bonds. The Kier molecular flexibility index (Phi) is 8.40. The molecule has 0 unspecified atom stereocenters. The first-order chi connectivity index (χ1) is 17.7. The molecule has 1 aliphatic heterocycles. The molecule has 1 heterocycles. The van der Waals surface area contributed by atoms with E-state index in [1.807, 2.05) is 22.6 Å². The fourth-order valence-electron chi connectivity index (χ4n) is 3.41. The molecule has 1 fully saturated rings. The second-order valence-electron chi connectivity index (χ2n) is 7.66. The Bertz CT molecular complexity index is 1430. The van der Waals surface area contributed by atoms with E-state index < -0.39 is 22.9 Å². The smallest absolute Gasteiger partial charge is 0.343 e. The molecule has 0 atom stereocenters. The fourth-order valence-corrected chi connectivity index (χ4v) is 5.21. The lowest BCUT2D eigenvalue weighted by Crippen LogP contribution is -2.27. The standard InChI is InChI=1S/C26H18ClFINO6S/c1-34-18-7-4-15(5-8-18)25(32)36-23-20(29)9-14(10-21(23)35-2)11-22-24(31)30(26(33)37-22)13-16-3-6-17(28)12-19(16)27/h3-12H,13H2,1-2H3/b22-11-. The van der Waals surface area contributed by atoms with Gasteiger partial charge in [0.1, 0.15) is 11.6 Å². The monoisotopic (exact) mass is 653 g/mol. The van der Waals surface area contributed by atoms with Gasteiger partial charge >= 0.3 is 5.97 Å². The number of hydrogen-bond acceptors (Lipinski definition) is 7. The topological polar surface area (TPSA) is 82.1 Å². The number of carbonyl (C=O) groups is 3. The Morgan fingerprint density at radius 2 is 1.81 bits per heavy atom. The zero-order valence-electron chi connectivity index (χ0n) is 19.4. The predicted molar refractivity (Wildman–Crippen MR) is 147 cm³/mol. The highest BCUT2D eigenvalue weighted by Gasteiger charge is 2.35. The van der Waals surface area contributed by atoms with Crippen LogP contribution in [0.25, 0.3) is 6.08 Å². The number of imide groups is 1. The number of carbonyl (C=O) groups excluding carboxylic acids is 3. The van der Waals surface area contributed by atoms with Gasteiger partial charge in [0.05, 0.1) is 34.8 Å². The van der Waals surface area contributed by atoms with E-state index in [1.165, 1.54) is 26.4 Å². The highest BCUT2D eigenvalue weighted by molar-refractivity contribution is 14.1. The minimum absolute atomic E-state index is 0.0811. The first-order valence-corrected chi connectivity index (χ1v) is 12.9. The van der Waals surface area contributed by atoms with Crippen molar-refractivity contribution in [1.82, 2.24) is 4.90 Å². The van der Waals surface area contributed by atoms with Gasteiger partial charge in [0.15, 0.2) is 11.5 Å². The molecule has 0 N–H and O–H groups in total. The summed E-state index contributed by atoms with van der Waals surface area (Å²) in [5.74, 6) is -0.480. The highest BCUT2D eigenvalue weighted by Crippen LogP contribution is 2.38. The van der Waals surface area contributed by atoms with E-state index in [4.69, 9.17) is 25.8 Å². The van der Waals surface area contributed by atoms with Gasteiger partial charge in [-0.15, -0.1) is 0 Å². The summed E-state index contributed by atoms with van der Waals surface area (Å²) >= 11 is 8.84. The maximum absolute atomic E-state index is 13.3. The molecule has 37 heavy (non-hydrogen) atoms. The van der Waals surface area contributed by atoms with Gasteiger partial charge in [0.2, 0.25) is 0 Å². The van der Waals surface area contributed by atoms with E-state index in [0.717, 1.165) is 22.7 Å². The van der Waals surface area contributed by atoms with Crippen LogP contribution in [0.3, 0.4) is 0 Å². The van der Waals surface area contributed by atoms with Gasteiger partial charge in [-0.05, 0) is 100 Å². The van der Waals surface area contributed by atoms with E-state index in [2.05, 4.69) is 0 Å². The quantitative estimate of drug-likeness (QED) is 0.124. The summed E-state index contributed by atoms with van der Waals surface area (Å²) in [7, 11) is 2.96. The van der Waals surface area contributed by atoms with Crippen LogP contribution in [-0.4, -0.2) is 36.2 Å². The van der Waals surface area contributed by atoms with Gasteiger partial charge < -0.3 is 14.2 Å². The lowest BCUT2D eigenvalue weighted by molar-refractivity contribution is -0.123. The summed E-state index contributed by atoms with van der Waals surface area (Å²) in [6.45, 7) is -0.0811. The number of esters is 1. The minimum atomic E-state index is -0.577. The molecular formula is C26H18ClFINO6S. The third-order valence-electron chi connectivity index (χ3n) is 5.29. The van der Waals surface area contributed by atoms with Gasteiger partial charge in [0, 0.05) is 5.02 Å². The molecule has 11 heteroatoms. The summed E-state index contributed by atoms with van der Waals surface area (Å²) in [6, 6.07) is 13.6. The number of ether oxygens (including phenoxy) is 3. The lowest BCUT2D eigenvalue weighted by Gasteiger charge is -2.14. The molecule has 0 aromatic heterocycles. The zero-order valence-corrected chi connectivity index (χ0v) is 23.1. The lowest BCUT2D eigenvalue weighted by atomic mass is 10.1. The Morgan fingerprint density at radius 3 is 2.46 bits per heavy atom. The third-order valence-corrected chi connectivity index (χ3v) is 7.35. The van der Waals surface area contributed by atoms with E-state index in [-0.39, 0.29) is 28.0 Å². The van der Waals surface area contributed by atoms with Crippen molar-refractivity contribution in [3.8, 4) is 17.2 Å². The number of thioether (sulfide) groups is 1. The molecule has 1 saturated heterocycles.